The minimum Gasteiger partial charge on any atom is -0.315 e. The summed E-state index contributed by atoms with van der Waals surface area (Å²) >= 11 is 2.08. The first-order valence-electron chi connectivity index (χ1n) is 8.02. The van der Waals surface area contributed by atoms with Gasteiger partial charge in [-0.1, -0.05) is 0 Å². The fraction of sp³-hybridized carbons (Fsp3) is 0.625. The highest BCUT2D eigenvalue weighted by Gasteiger charge is 2.25. The minimum atomic E-state index is 0.516. The SMILES string of the molecule is c1cnc2c(c1)nc(CC1CCSC1)n2C1CCCNC1. The molecule has 2 aliphatic heterocycles. The number of aromatic nitrogens is 3. The summed E-state index contributed by atoms with van der Waals surface area (Å²) in [6, 6.07) is 4.61. The van der Waals surface area contributed by atoms with E-state index >= 15 is 0 Å². The molecule has 4 rings (SSSR count). The Bertz CT molecular complexity index is 612. The number of fused-ring (bicyclic) bond motifs is 1. The molecule has 2 aromatic rings. The van der Waals surface area contributed by atoms with Crippen LogP contribution >= 0.6 is 11.8 Å². The lowest BCUT2D eigenvalue weighted by Crippen LogP contribution is -2.32. The zero-order valence-electron chi connectivity index (χ0n) is 12.3. The molecular formula is C16H22N4S. The molecule has 21 heavy (non-hydrogen) atoms. The first kappa shape index (κ1) is 13.6. The van der Waals surface area contributed by atoms with Crippen LogP contribution in [0.3, 0.4) is 0 Å². The third-order valence-corrected chi connectivity index (χ3v) is 5.88. The summed E-state index contributed by atoms with van der Waals surface area (Å²) in [7, 11) is 0. The maximum absolute atomic E-state index is 4.91. The van der Waals surface area contributed by atoms with Crippen molar-refractivity contribution in [3.8, 4) is 0 Å². The van der Waals surface area contributed by atoms with Crippen LogP contribution in [-0.2, 0) is 6.42 Å². The number of hydrogen-bond donors (Lipinski definition) is 1. The molecule has 0 aromatic carbocycles. The van der Waals surface area contributed by atoms with Crippen LogP contribution in [0.25, 0.3) is 11.2 Å². The average molecular weight is 302 g/mol. The second-order valence-electron chi connectivity index (χ2n) is 6.18. The van der Waals surface area contributed by atoms with Gasteiger partial charge in [-0.3, -0.25) is 0 Å². The van der Waals surface area contributed by atoms with Crippen molar-refractivity contribution < 1.29 is 0 Å². The monoisotopic (exact) mass is 302 g/mol. The fourth-order valence-corrected chi connectivity index (χ4v) is 4.85. The van der Waals surface area contributed by atoms with Gasteiger partial charge in [0.15, 0.2) is 5.65 Å². The summed E-state index contributed by atoms with van der Waals surface area (Å²) in [4.78, 5) is 9.53. The summed E-state index contributed by atoms with van der Waals surface area (Å²) < 4.78 is 2.44. The molecule has 112 valence electrons. The molecule has 2 fully saturated rings. The highest BCUT2D eigenvalue weighted by molar-refractivity contribution is 7.99. The molecular weight excluding hydrogens is 280 g/mol. The van der Waals surface area contributed by atoms with E-state index in [1.165, 1.54) is 36.6 Å². The van der Waals surface area contributed by atoms with Crippen molar-refractivity contribution in [2.75, 3.05) is 24.6 Å². The highest BCUT2D eigenvalue weighted by atomic mass is 32.2. The fourth-order valence-electron chi connectivity index (χ4n) is 3.56. The lowest BCUT2D eigenvalue weighted by molar-refractivity contribution is 0.364. The maximum Gasteiger partial charge on any atom is 0.160 e. The van der Waals surface area contributed by atoms with Crippen LogP contribution in [0.15, 0.2) is 18.3 Å². The summed E-state index contributed by atoms with van der Waals surface area (Å²) in [5, 5.41) is 3.53. The number of imidazole rings is 1. The van der Waals surface area contributed by atoms with Crippen molar-refractivity contribution >= 4 is 22.9 Å². The normalized spacial score (nSPS) is 26.5. The predicted molar refractivity (Wildman–Crippen MR) is 87.8 cm³/mol. The van der Waals surface area contributed by atoms with E-state index in [0.717, 1.165) is 36.6 Å². The Kier molecular flexibility index (Phi) is 3.86. The molecule has 5 heteroatoms. The van der Waals surface area contributed by atoms with Gasteiger partial charge in [-0.15, -0.1) is 0 Å². The largest absolute Gasteiger partial charge is 0.315 e. The molecule has 4 nitrogen and oxygen atoms in total. The van der Waals surface area contributed by atoms with Gasteiger partial charge in [-0.2, -0.15) is 11.8 Å². The van der Waals surface area contributed by atoms with Gasteiger partial charge in [0.2, 0.25) is 0 Å². The van der Waals surface area contributed by atoms with E-state index in [9.17, 15) is 0 Å². The zero-order chi connectivity index (χ0) is 14.1. The zero-order valence-corrected chi connectivity index (χ0v) is 13.1. The molecule has 2 aliphatic rings. The third-order valence-electron chi connectivity index (χ3n) is 4.65. The number of hydrogen-bond acceptors (Lipinski definition) is 4. The molecule has 0 bridgehead atoms. The van der Waals surface area contributed by atoms with Crippen LogP contribution in [0.5, 0.6) is 0 Å². The lowest BCUT2D eigenvalue weighted by atomic mass is 10.0. The number of thioether (sulfide) groups is 1. The van der Waals surface area contributed by atoms with E-state index in [-0.39, 0.29) is 0 Å². The van der Waals surface area contributed by atoms with E-state index in [4.69, 9.17) is 4.98 Å². The Morgan fingerprint density at radius 1 is 1.38 bits per heavy atom. The molecule has 4 heterocycles. The van der Waals surface area contributed by atoms with Crippen molar-refractivity contribution in [1.29, 1.82) is 0 Å². The number of pyridine rings is 1. The van der Waals surface area contributed by atoms with Crippen LogP contribution in [0.1, 0.15) is 31.1 Å². The molecule has 2 saturated heterocycles. The van der Waals surface area contributed by atoms with Crippen LogP contribution in [0.4, 0.5) is 0 Å². The smallest absolute Gasteiger partial charge is 0.160 e. The van der Waals surface area contributed by atoms with Gasteiger partial charge in [0, 0.05) is 25.2 Å². The Labute approximate surface area is 129 Å². The minimum absolute atomic E-state index is 0.516. The van der Waals surface area contributed by atoms with E-state index in [1.54, 1.807) is 0 Å². The number of rotatable bonds is 3. The van der Waals surface area contributed by atoms with Crippen molar-refractivity contribution in [3.05, 3.63) is 24.2 Å². The van der Waals surface area contributed by atoms with E-state index in [0.29, 0.717) is 6.04 Å². The van der Waals surface area contributed by atoms with Gasteiger partial charge < -0.3 is 9.88 Å². The maximum atomic E-state index is 4.91. The van der Waals surface area contributed by atoms with E-state index < -0.39 is 0 Å². The van der Waals surface area contributed by atoms with Crippen molar-refractivity contribution in [2.24, 2.45) is 5.92 Å². The lowest BCUT2D eigenvalue weighted by Gasteiger charge is -2.26. The van der Waals surface area contributed by atoms with Crippen molar-refractivity contribution in [3.63, 3.8) is 0 Å². The molecule has 0 radical (unpaired) electrons. The molecule has 2 aromatic heterocycles. The third kappa shape index (κ3) is 2.69. The second-order valence-corrected chi connectivity index (χ2v) is 7.33. The van der Waals surface area contributed by atoms with Gasteiger partial charge in [-0.05, 0) is 55.4 Å². The molecule has 0 aliphatic carbocycles. The molecule has 0 amide bonds. The number of piperidine rings is 1. The first-order valence-corrected chi connectivity index (χ1v) is 9.17. The van der Waals surface area contributed by atoms with Crippen LogP contribution in [0.2, 0.25) is 0 Å². The number of nitrogens with zero attached hydrogens (tertiary/aromatic N) is 3. The second kappa shape index (κ2) is 5.97. The summed E-state index contributed by atoms with van der Waals surface area (Å²) in [6.07, 6.45) is 6.83. The van der Waals surface area contributed by atoms with Gasteiger partial charge in [-0.25, -0.2) is 9.97 Å². The molecule has 0 saturated carbocycles. The van der Waals surface area contributed by atoms with Crippen molar-refractivity contribution in [2.45, 2.75) is 31.7 Å². The van der Waals surface area contributed by atoms with E-state index in [2.05, 4.69) is 32.7 Å². The number of nitrogens with one attached hydrogen (secondary N) is 1. The Morgan fingerprint density at radius 2 is 2.38 bits per heavy atom. The summed E-state index contributed by atoms with van der Waals surface area (Å²) in [5.74, 6) is 4.65. The van der Waals surface area contributed by atoms with Gasteiger partial charge >= 0.3 is 0 Å². The van der Waals surface area contributed by atoms with Crippen molar-refractivity contribution in [1.82, 2.24) is 19.9 Å². The van der Waals surface area contributed by atoms with Gasteiger partial charge in [0.1, 0.15) is 11.3 Å². The Balaban J connectivity index is 1.72. The van der Waals surface area contributed by atoms with Crippen LogP contribution in [0, 0.1) is 5.92 Å². The quantitative estimate of drug-likeness (QED) is 0.946. The predicted octanol–water partition coefficient (Wildman–Crippen LogP) is 2.65. The van der Waals surface area contributed by atoms with Crippen LogP contribution in [-0.4, -0.2) is 39.1 Å². The summed E-state index contributed by atoms with van der Waals surface area (Å²) in [6.45, 7) is 2.19. The molecule has 2 unspecified atom stereocenters. The first-order chi connectivity index (χ1) is 10.4. The highest BCUT2D eigenvalue weighted by Crippen LogP contribution is 2.30. The van der Waals surface area contributed by atoms with Crippen LogP contribution < -0.4 is 5.32 Å². The van der Waals surface area contributed by atoms with Gasteiger partial charge in [0.25, 0.3) is 0 Å². The average Bonchev–Trinajstić information content (AvgIpc) is 3.15. The van der Waals surface area contributed by atoms with Gasteiger partial charge in [0.05, 0.1) is 0 Å². The summed E-state index contributed by atoms with van der Waals surface area (Å²) in [5.41, 5.74) is 2.13. The molecule has 1 N–H and O–H groups in total. The van der Waals surface area contributed by atoms with E-state index in [1.807, 2.05) is 12.3 Å². The molecule has 2 atom stereocenters. The Hall–Kier alpha value is -1.07. The molecule has 0 spiro atoms. The standard InChI is InChI=1S/C16H22N4S/c1-3-13(10-17-6-1)20-15(9-12-5-8-21-11-12)19-14-4-2-7-18-16(14)20/h2,4,7,12-13,17H,1,3,5-6,8-11H2. The Morgan fingerprint density at radius 3 is 3.19 bits per heavy atom. The topological polar surface area (TPSA) is 42.7 Å².